The lowest BCUT2D eigenvalue weighted by atomic mass is 10.1. The van der Waals surface area contributed by atoms with Gasteiger partial charge in [-0.2, -0.15) is 0 Å². The van der Waals surface area contributed by atoms with E-state index in [0.717, 1.165) is 16.7 Å². The number of ether oxygens (including phenoxy) is 2. The average molecular weight is 496 g/mol. The minimum Gasteiger partial charge on any atom is -0.454 e. The fraction of sp³-hybridized carbons (Fsp3) is 0.148. The first-order valence-corrected chi connectivity index (χ1v) is 11.7. The molecule has 0 bridgehead atoms. The molecule has 0 radical (unpaired) electrons. The van der Waals surface area contributed by atoms with E-state index in [1.165, 1.54) is 10.5 Å². The Morgan fingerprint density at radius 3 is 2.84 bits per heavy atom. The predicted octanol–water partition coefficient (Wildman–Crippen LogP) is 2.13. The summed E-state index contributed by atoms with van der Waals surface area (Å²) in [7, 11) is 0. The maximum absolute atomic E-state index is 13.5. The molecule has 0 unspecified atom stereocenters. The zero-order valence-electron chi connectivity index (χ0n) is 20.0. The number of hydrogen-bond donors (Lipinski definition) is 2. The van der Waals surface area contributed by atoms with Crippen molar-refractivity contribution >= 4 is 28.4 Å². The van der Waals surface area contributed by atoms with Crippen molar-refractivity contribution in [2.45, 2.75) is 20.0 Å². The molecule has 1 aliphatic rings. The highest BCUT2D eigenvalue weighted by Crippen LogP contribution is 2.32. The van der Waals surface area contributed by atoms with Gasteiger partial charge in [0.05, 0.1) is 6.54 Å². The Hall–Kier alpha value is -4.99. The number of anilines is 1. The largest absolute Gasteiger partial charge is 0.454 e. The second kappa shape index (κ2) is 8.90. The van der Waals surface area contributed by atoms with E-state index in [4.69, 9.17) is 20.2 Å². The average Bonchev–Trinajstić information content (AvgIpc) is 3.38. The van der Waals surface area contributed by atoms with Gasteiger partial charge in [0.15, 0.2) is 11.5 Å². The van der Waals surface area contributed by atoms with Crippen LogP contribution in [0.4, 0.5) is 5.82 Å². The van der Waals surface area contributed by atoms with Crippen molar-refractivity contribution in [3.05, 3.63) is 99.7 Å². The maximum Gasteiger partial charge on any atom is 0.278 e. The first kappa shape index (κ1) is 22.5. The van der Waals surface area contributed by atoms with Crippen molar-refractivity contribution in [1.82, 2.24) is 19.7 Å². The fourth-order valence-electron chi connectivity index (χ4n) is 4.45. The van der Waals surface area contributed by atoms with E-state index >= 15 is 0 Å². The van der Waals surface area contributed by atoms with Crippen molar-refractivity contribution in [2.24, 2.45) is 0 Å². The summed E-state index contributed by atoms with van der Waals surface area (Å²) < 4.78 is 13.9. The zero-order chi connectivity index (χ0) is 25.5. The van der Waals surface area contributed by atoms with Gasteiger partial charge >= 0.3 is 0 Å². The van der Waals surface area contributed by atoms with Gasteiger partial charge < -0.3 is 20.5 Å². The smallest absolute Gasteiger partial charge is 0.278 e. The Balaban J connectivity index is 1.45. The van der Waals surface area contributed by atoms with E-state index < -0.39 is 5.91 Å². The number of benzene rings is 1. The second-order valence-corrected chi connectivity index (χ2v) is 8.80. The molecule has 4 aromatic heterocycles. The molecule has 1 amide bonds. The summed E-state index contributed by atoms with van der Waals surface area (Å²) in [4.78, 5) is 35.8. The van der Waals surface area contributed by atoms with Gasteiger partial charge in [-0.05, 0) is 42.8 Å². The number of rotatable bonds is 5. The normalized spacial score (nSPS) is 12.2. The Morgan fingerprint density at radius 1 is 1.14 bits per heavy atom. The molecule has 184 valence electrons. The summed E-state index contributed by atoms with van der Waals surface area (Å²) in [6.07, 6.45) is 5.05. The minimum atomic E-state index is -0.411. The third-order valence-corrected chi connectivity index (χ3v) is 6.37. The number of nitrogen functional groups attached to an aromatic ring is 1. The molecule has 1 aliphatic heterocycles. The number of nitrogens with zero attached hydrogens (tertiary/aromatic N) is 4. The van der Waals surface area contributed by atoms with Crippen LogP contribution in [0.1, 0.15) is 27.0 Å². The number of pyridine rings is 3. The zero-order valence-corrected chi connectivity index (χ0v) is 20.0. The topological polar surface area (TPSA) is 125 Å². The minimum absolute atomic E-state index is 0.174. The standard InChI is InChI=1S/C27H22N6O4/c1-16-4-3-9-32-24(16)31-25-20(27(32)35)11-19(23(28)33(25)14-18-5-2-8-29-12-18)26(34)30-13-17-6-7-21-22(10-17)37-15-36-21/h2-12,28H,13-15H2,1H3,(H,30,34)/p+1. The molecule has 0 saturated carbocycles. The summed E-state index contributed by atoms with van der Waals surface area (Å²) in [6, 6.07) is 14.4. The number of hydrogen-bond acceptors (Lipinski definition) is 7. The Morgan fingerprint density at radius 2 is 2.00 bits per heavy atom. The highest BCUT2D eigenvalue weighted by Gasteiger charge is 2.25. The quantitative estimate of drug-likeness (QED) is 0.283. The lowest BCUT2D eigenvalue weighted by Crippen LogP contribution is -2.43. The van der Waals surface area contributed by atoms with Gasteiger partial charge in [-0.1, -0.05) is 23.2 Å². The number of carbonyl (C=O) groups excluding carboxylic acids is 1. The first-order chi connectivity index (χ1) is 18.0. The van der Waals surface area contributed by atoms with Crippen molar-refractivity contribution in [2.75, 3.05) is 12.5 Å². The second-order valence-electron chi connectivity index (χ2n) is 8.80. The molecular formula is C27H23N6O4+. The van der Waals surface area contributed by atoms with Crippen molar-refractivity contribution in [3.8, 4) is 11.5 Å². The number of nitrogens with one attached hydrogen (secondary N) is 1. The van der Waals surface area contributed by atoms with E-state index in [1.807, 2.05) is 37.3 Å². The molecule has 5 aromatic rings. The number of aromatic nitrogens is 4. The molecule has 10 nitrogen and oxygen atoms in total. The number of carbonyl (C=O) groups is 1. The van der Waals surface area contributed by atoms with E-state index in [0.29, 0.717) is 22.8 Å². The molecular weight excluding hydrogens is 472 g/mol. The van der Waals surface area contributed by atoms with Gasteiger partial charge in [0.2, 0.25) is 18.3 Å². The summed E-state index contributed by atoms with van der Waals surface area (Å²) in [6.45, 7) is 2.59. The highest BCUT2D eigenvalue weighted by atomic mass is 16.7. The Bertz CT molecular complexity index is 1750. The summed E-state index contributed by atoms with van der Waals surface area (Å²) in [5.41, 5.74) is 9.93. The predicted molar refractivity (Wildman–Crippen MR) is 135 cm³/mol. The Labute approximate surface area is 210 Å². The summed E-state index contributed by atoms with van der Waals surface area (Å²) in [5.74, 6) is 1.09. The van der Waals surface area contributed by atoms with E-state index in [9.17, 15) is 9.59 Å². The van der Waals surface area contributed by atoms with Crippen LogP contribution in [-0.2, 0) is 13.1 Å². The van der Waals surface area contributed by atoms with Crippen molar-refractivity contribution in [1.29, 1.82) is 0 Å². The number of amides is 1. The van der Waals surface area contributed by atoms with Gasteiger partial charge in [0, 0.05) is 36.3 Å². The lowest BCUT2D eigenvalue weighted by molar-refractivity contribution is -0.649. The van der Waals surface area contributed by atoms with Crippen LogP contribution in [0.3, 0.4) is 0 Å². The lowest BCUT2D eigenvalue weighted by Gasteiger charge is -2.13. The number of fused-ring (bicyclic) bond motifs is 3. The van der Waals surface area contributed by atoms with E-state index in [-0.39, 0.29) is 42.2 Å². The maximum atomic E-state index is 13.5. The molecule has 0 aliphatic carbocycles. The van der Waals surface area contributed by atoms with Gasteiger partial charge in [0.25, 0.3) is 17.1 Å². The molecule has 6 rings (SSSR count). The van der Waals surface area contributed by atoms with Crippen LogP contribution in [0.25, 0.3) is 16.7 Å². The van der Waals surface area contributed by atoms with Crippen LogP contribution >= 0.6 is 0 Å². The molecule has 0 spiro atoms. The van der Waals surface area contributed by atoms with Crippen LogP contribution in [0.2, 0.25) is 0 Å². The molecule has 1 aromatic carbocycles. The molecule has 0 atom stereocenters. The van der Waals surface area contributed by atoms with Crippen LogP contribution < -0.4 is 30.7 Å². The fourth-order valence-corrected chi connectivity index (χ4v) is 4.45. The molecule has 3 N–H and O–H groups in total. The van der Waals surface area contributed by atoms with Crippen LogP contribution in [-0.4, -0.2) is 27.1 Å². The highest BCUT2D eigenvalue weighted by molar-refractivity contribution is 6.00. The SMILES string of the molecule is Cc1cccn2c(=O)c3cc(C(=O)NCc4ccc5c(c4)OCO5)c(N)[n+](Cc4cccnc4)c3nc12. The number of nitrogens with two attached hydrogens (primary N) is 1. The molecule has 37 heavy (non-hydrogen) atoms. The third-order valence-electron chi connectivity index (χ3n) is 6.37. The molecule has 10 heteroatoms. The first-order valence-electron chi connectivity index (χ1n) is 11.7. The summed E-state index contributed by atoms with van der Waals surface area (Å²) in [5, 5.41) is 3.19. The van der Waals surface area contributed by atoms with Crippen molar-refractivity contribution in [3.63, 3.8) is 0 Å². The van der Waals surface area contributed by atoms with Crippen molar-refractivity contribution < 1.29 is 18.8 Å². The van der Waals surface area contributed by atoms with Gasteiger partial charge in [-0.3, -0.25) is 19.0 Å². The van der Waals surface area contributed by atoms with E-state index in [1.54, 1.807) is 35.3 Å². The molecule has 0 saturated heterocycles. The van der Waals surface area contributed by atoms with Gasteiger partial charge in [-0.25, -0.2) is 4.57 Å². The summed E-state index contributed by atoms with van der Waals surface area (Å²) >= 11 is 0. The van der Waals surface area contributed by atoms with Crippen LogP contribution in [0.5, 0.6) is 11.5 Å². The van der Waals surface area contributed by atoms with E-state index in [2.05, 4.69) is 10.3 Å². The van der Waals surface area contributed by atoms with Gasteiger partial charge in [0.1, 0.15) is 10.9 Å². The number of aryl methyl sites for hydroxylation is 1. The van der Waals surface area contributed by atoms with Crippen LogP contribution in [0, 0.1) is 6.92 Å². The van der Waals surface area contributed by atoms with Crippen LogP contribution in [0.15, 0.2) is 71.9 Å². The molecule has 5 heterocycles. The monoisotopic (exact) mass is 495 g/mol. The third kappa shape index (κ3) is 3.98. The molecule has 0 fully saturated rings. The Kier molecular flexibility index (Phi) is 5.41. The van der Waals surface area contributed by atoms with Gasteiger partial charge in [-0.15, -0.1) is 0 Å².